The second-order valence-corrected chi connectivity index (χ2v) is 10.8. The summed E-state index contributed by atoms with van der Waals surface area (Å²) in [7, 11) is -3.27. The lowest BCUT2D eigenvalue weighted by Crippen LogP contribution is -2.57. The number of nitrogens with zero attached hydrogens (tertiary/aromatic N) is 2. The Morgan fingerprint density at radius 2 is 1.93 bits per heavy atom. The first kappa shape index (κ1) is 23.3. The SMILES string of the molecule is CC(C)[C@H]1CN(c2cccc(S(C)(=O)=O)c2)CCN1C[C@H]1CC[C@H](C(F)(F)F)OC1. The van der Waals surface area contributed by atoms with Gasteiger partial charge in [-0.25, -0.2) is 8.42 Å². The van der Waals surface area contributed by atoms with Crippen LogP contribution in [0, 0.1) is 11.8 Å². The molecule has 0 aliphatic carbocycles. The van der Waals surface area contributed by atoms with Gasteiger partial charge in [-0.15, -0.1) is 0 Å². The second-order valence-electron chi connectivity index (χ2n) is 8.83. The standard InChI is InChI=1S/C21H31F3N2O3S/c1-15(2)19-13-25(17-5-4-6-18(11-17)30(3,27)28)9-10-26(19)12-16-7-8-20(29-14-16)21(22,23)24/h4-6,11,15-16,19-20H,7-10,12-14H2,1-3H3/t16-,19-,20-/m1/s1. The molecule has 170 valence electrons. The number of rotatable bonds is 5. The summed E-state index contributed by atoms with van der Waals surface area (Å²) in [4.78, 5) is 4.87. The molecule has 1 aromatic rings. The molecular formula is C21H31F3N2O3S. The van der Waals surface area contributed by atoms with Crippen LogP contribution >= 0.6 is 0 Å². The zero-order chi connectivity index (χ0) is 22.1. The molecule has 0 aromatic heterocycles. The zero-order valence-corrected chi connectivity index (χ0v) is 18.5. The first-order valence-electron chi connectivity index (χ1n) is 10.4. The van der Waals surface area contributed by atoms with Gasteiger partial charge in [-0.1, -0.05) is 19.9 Å². The van der Waals surface area contributed by atoms with E-state index in [2.05, 4.69) is 23.6 Å². The van der Waals surface area contributed by atoms with Crippen molar-refractivity contribution in [1.82, 2.24) is 4.90 Å². The molecule has 0 bridgehead atoms. The van der Waals surface area contributed by atoms with E-state index in [0.717, 1.165) is 31.9 Å². The van der Waals surface area contributed by atoms with Gasteiger partial charge in [0.05, 0.1) is 11.5 Å². The monoisotopic (exact) mass is 448 g/mol. The van der Waals surface area contributed by atoms with Crippen LogP contribution in [0.4, 0.5) is 18.9 Å². The molecule has 0 N–H and O–H groups in total. The number of piperazine rings is 1. The zero-order valence-electron chi connectivity index (χ0n) is 17.7. The third-order valence-electron chi connectivity index (χ3n) is 6.14. The molecule has 30 heavy (non-hydrogen) atoms. The van der Waals surface area contributed by atoms with Crippen molar-refractivity contribution in [2.24, 2.45) is 11.8 Å². The third kappa shape index (κ3) is 5.68. The van der Waals surface area contributed by atoms with Crippen LogP contribution in [0.1, 0.15) is 26.7 Å². The first-order valence-corrected chi connectivity index (χ1v) is 12.3. The van der Waals surface area contributed by atoms with E-state index in [1.807, 2.05) is 6.07 Å². The number of hydrogen-bond donors (Lipinski definition) is 0. The summed E-state index contributed by atoms with van der Waals surface area (Å²) >= 11 is 0. The van der Waals surface area contributed by atoms with Crippen molar-refractivity contribution in [2.75, 3.05) is 43.9 Å². The summed E-state index contributed by atoms with van der Waals surface area (Å²) < 4.78 is 67.4. The van der Waals surface area contributed by atoms with Gasteiger partial charge in [0.25, 0.3) is 0 Å². The lowest BCUT2D eigenvalue weighted by molar-refractivity contribution is -0.236. The predicted octanol–water partition coefficient (Wildman–Crippen LogP) is 3.59. The number of benzene rings is 1. The van der Waals surface area contributed by atoms with E-state index < -0.39 is 22.1 Å². The van der Waals surface area contributed by atoms with Gasteiger partial charge in [-0.05, 0) is 42.9 Å². The smallest absolute Gasteiger partial charge is 0.369 e. The maximum atomic E-state index is 12.8. The molecule has 3 atom stereocenters. The molecule has 0 spiro atoms. The summed E-state index contributed by atoms with van der Waals surface area (Å²) in [5.41, 5.74) is 0.886. The van der Waals surface area contributed by atoms with Crippen molar-refractivity contribution >= 4 is 15.5 Å². The fraction of sp³-hybridized carbons (Fsp3) is 0.714. The Bertz CT molecular complexity index is 821. The van der Waals surface area contributed by atoms with Crippen LogP contribution in [0.2, 0.25) is 0 Å². The van der Waals surface area contributed by atoms with Crippen molar-refractivity contribution in [1.29, 1.82) is 0 Å². The Morgan fingerprint density at radius 1 is 1.20 bits per heavy atom. The maximum Gasteiger partial charge on any atom is 0.414 e. The van der Waals surface area contributed by atoms with Crippen LogP contribution in [0.15, 0.2) is 29.2 Å². The second kappa shape index (κ2) is 9.04. The highest BCUT2D eigenvalue weighted by atomic mass is 32.2. The van der Waals surface area contributed by atoms with E-state index in [-0.39, 0.29) is 25.0 Å². The summed E-state index contributed by atoms with van der Waals surface area (Å²) in [6.45, 7) is 7.44. The Balaban J connectivity index is 1.64. The van der Waals surface area contributed by atoms with Crippen LogP contribution in [0.3, 0.4) is 0 Å². The quantitative estimate of drug-likeness (QED) is 0.689. The highest BCUT2D eigenvalue weighted by molar-refractivity contribution is 7.90. The molecule has 0 amide bonds. The molecule has 3 rings (SSSR count). The van der Waals surface area contributed by atoms with Crippen LogP contribution in [-0.4, -0.2) is 70.7 Å². The van der Waals surface area contributed by atoms with E-state index in [9.17, 15) is 21.6 Å². The Kier molecular flexibility index (Phi) is 7.04. The fourth-order valence-electron chi connectivity index (χ4n) is 4.39. The summed E-state index contributed by atoms with van der Waals surface area (Å²) in [6, 6.07) is 7.24. The van der Waals surface area contributed by atoms with Crippen LogP contribution in [0.25, 0.3) is 0 Å². The normalized spacial score (nSPS) is 26.9. The number of alkyl halides is 3. The van der Waals surface area contributed by atoms with E-state index in [1.165, 1.54) is 6.26 Å². The van der Waals surface area contributed by atoms with Gasteiger partial charge in [-0.2, -0.15) is 13.2 Å². The van der Waals surface area contributed by atoms with Crippen molar-refractivity contribution in [3.8, 4) is 0 Å². The molecular weight excluding hydrogens is 417 g/mol. The molecule has 2 fully saturated rings. The van der Waals surface area contributed by atoms with E-state index in [1.54, 1.807) is 18.2 Å². The molecule has 2 heterocycles. The van der Waals surface area contributed by atoms with E-state index in [0.29, 0.717) is 17.2 Å². The van der Waals surface area contributed by atoms with Crippen LogP contribution in [0.5, 0.6) is 0 Å². The Labute approximate surface area is 177 Å². The molecule has 2 saturated heterocycles. The fourth-order valence-corrected chi connectivity index (χ4v) is 5.05. The molecule has 2 aliphatic heterocycles. The lowest BCUT2D eigenvalue weighted by Gasteiger charge is -2.46. The van der Waals surface area contributed by atoms with Gasteiger partial charge >= 0.3 is 6.18 Å². The van der Waals surface area contributed by atoms with E-state index >= 15 is 0 Å². The lowest BCUT2D eigenvalue weighted by atomic mass is 9.93. The van der Waals surface area contributed by atoms with Gasteiger partial charge in [0.1, 0.15) is 0 Å². The van der Waals surface area contributed by atoms with Crippen molar-refractivity contribution in [3.63, 3.8) is 0 Å². The molecule has 0 unspecified atom stereocenters. The van der Waals surface area contributed by atoms with Gasteiger partial charge < -0.3 is 9.64 Å². The van der Waals surface area contributed by atoms with Crippen LogP contribution in [-0.2, 0) is 14.6 Å². The van der Waals surface area contributed by atoms with Crippen molar-refractivity contribution < 1.29 is 26.3 Å². The maximum absolute atomic E-state index is 12.8. The van der Waals surface area contributed by atoms with Gasteiger partial charge in [0, 0.05) is 44.2 Å². The van der Waals surface area contributed by atoms with Crippen molar-refractivity contribution in [3.05, 3.63) is 24.3 Å². The number of sulfone groups is 1. The molecule has 5 nitrogen and oxygen atoms in total. The Hall–Kier alpha value is -1.32. The van der Waals surface area contributed by atoms with Gasteiger partial charge in [0.2, 0.25) is 0 Å². The van der Waals surface area contributed by atoms with Crippen LogP contribution < -0.4 is 4.90 Å². The molecule has 9 heteroatoms. The average Bonchev–Trinajstić information content (AvgIpc) is 2.67. The molecule has 0 saturated carbocycles. The molecule has 2 aliphatic rings. The molecule has 1 aromatic carbocycles. The summed E-state index contributed by atoms with van der Waals surface area (Å²) in [6.07, 6.45) is -4.16. The number of anilines is 1. The number of hydrogen-bond acceptors (Lipinski definition) is 5. The van der Waals surface area contributed by atoms with Crippen molar-refractivity contribution in [2.45, 2.75) is 49.9 Å². The summed E-state index contributed by atoms with van der Waals surface area (Å²) in [5, 5.41) is 0. The minimum Gasteiger partial charge on any atom is -0.369 e. The first-order chi connectivity index (χ1) is 13.9. The predicted molar refractivity (Wildman–Crippen MR) is 110 cm³/mol. The third-order valence-corrected chi connectivity index (χ3v) is 7.25. The minimum atomic E-state index is -4.28. The Morgan fingerprint density at radius 3 is 2.50 bits per heavy atom. The van der Waals surface area contributed by atoms with E-state index in [4.69, 9.17) is 4.74 Å². The minimum absolute atomic E-state index is 0.0265. The number of halogens is 3. The highest BCUT2D eigenvalue weighted by Gasteiger charge is 2.43. The van der Waals surface area contributed by atoms with Gasteiger partial charge in [0.15, 0.2) is 15.9 Å². The number of ether oxygens (including phenoxy) is 1. The van der Waals surface area contributed by atoms with Gasteiger partial charge in [-0.3, -0.25) is 4.90 Å². The summed E-state index contributed by atoms with van der Waals surface area (Å²) in [5.74, 6) is 0.461. The molecule has 0 radical (unpaired) electrons. The largest absolute Gasteiger partial charge is 0.414 e. The highest BCUT2D eigenvalue weighted by Crippen LogP contribution is 2.33. The average molecular weight is 449 g/mol. The topological polar surface area (TPSA) is 49.9 Å².